The molecule has 0 aromatic heterocycles. The van der Waals surface area contributed by atoms with Gasteiger partial charge in [0.25, 0.3) is 5.79 Å². The van der Waals surface area contributed by atoms with Crippen molar-refractivity contribution in [3.8, 4) is 0 Å². The topological polar surface area (TPSA) is 130 Å². The molecule has 0 bridgehead atoms. The molecular formula is C24H33NO9. The molecule has 0 radical (unpaired) electrons. The predicted molar refractivity (Wildman–Crippen MR) is 116 cm³/mol. The van der Waals surface area contributed by atoms with Gasteiger partial charge in [-0.05, 0) is 18.9 Å². The Balaban J connectivity index is 1.41. The molecule has 10 heteroatoms. The van der Waals surface area contributed by atoms with Crippen LogP contribution in [-0.4, -0.2) is 94.2 Å². The number of fused-ring (bicyclic) bond motifs is 3. The number of aliphatic hydroxyl groups is 3. The van der Waals surface area contributed by atoms with Gasteiger partial charge in [-0.1, -0.05) is 37.3 Å². The van der Waals surface area contributed by atoms with E-state index < -0.39 is 60.1 Å². The Morgan fingerprint density at radius 2 is 1.88 bits per heavy atom. The summed E-state index contributed by atoms with van der Waals surface area (Å²) in [5.41, 5.74) is -0.168. The summed E-state index contributed by atoms with van der Waals surface area (Å²) in [6.45, 7) is 4.03. The minimum Gasteiger partial charge on any atom is -0.445 e. The lowest BCUT2D eigenvalue weighted by Crippen LogP contribution is -2.77. The predicted octanol–water partition coefficient (Wildman–Crippen LogP) is 0.762. The third kappa shape index (κ3) is 3.72. The highest BCUT2D eigenvalue weighted by atomic mass is 16.8. The van der Waals surface area contributed by atoms with E-state index in [1.165, 1.54) is 11.9 Å². The van der Waals surface area contributed by atoms with Crippen LogP contribution in [0.5, 0.6) is 0 Å². The molecular weight excluding hydrogens is 446 g/mol. The maximum Gasteiger partial charge on any atom is 0.410 e. The van der Waals surface area contributed by atoms with Crippen molar-refractivity contribution in [2.24, 2.45) is 5.92 Å². The van der Waals surface area contributed by atoms with E-state index in [0.717, 1.165) is 5.56 Å². The number of benzene rings is 1. The fraction of sp³-hybridized carbons (Fsp3) is 0.708. The number of ether oxygens (including phenoxy) is 5. The van der Waals surface area contributed by atoms with Crippen molar-refractivity contribution in [3.63, 3.8) is 0 Å². The molecule has 3 aliphatic heterocycles. The van der Waals surface area contributed by atoms with Crippen molar-refractivity contribution in [1.29, 1.82) is 0 Å². The number of nitrogens with zero attached hydrogens (tertiary/aromatic N) is 1. The fourth-order valence-corrected chi connectivity index (χ4v) is 5.68. The fourth-order valence-electron chi connectivity index (χ4n) is 5.68. The summed E-state index contributed by atoms with van der Waals surface area (Å²) in [5.74, 6) is -2.52. The number of carbonyl (C=O) groups excluding carboxylic acids is 1. The molecule has 3 heterocycles. The highest BCUT2D eigenvalue weighted by Gasteiger charge is 2.74. The summed E-state index contributed by atoms with van der Waals surface area (Å²) in [6.07, 6.45) is -5.43. The van der Waals surface area contributed by atoms with Gasteiger partial charge in [-0.3, -0.25) is 0 Å². The number of rotatable bonds is 4. The third-order valence-electron chi connectivity index (χ3n) is 7.67. The van der Waals surface area contributed by atoms with Crippen LogP contribution in [0.1, 0.15) is 32.3 Å². The summed E-state index contributed by atoms with van der Waals surface area (Å²) in [5, 5.41) is 33.8. The van der Waals surface area contributed by atoms with Crippen molar-refractivity contribution >= 4 is 6.09 Å². The molecule has 34 heavy (non-hydrogen) atoms. The molecule has 4 fully saturated rings. The first-order valence-corrected chi connectivity index (χ1v) is 11.9. The molecule has 1 spiro atoms. The van der Waals surface area contributed by atoms with Crippen LogP contribution in [0.4, 0.5) is 4.79 Å². The molecule has 1 saturated carbocycles. The summed E-state index contributed by atoms with van der Waals surface area (Å²) in [4.78, 5) is 14.2. The molecule has 4 aliphatic rings. The normalized spacial score (nSPS) is 45.2. The van der Waals surface area contributed by atoms with E-state index in [9.17, 15) is 20.1 Å². The Kier molecular flexibility index (Phi) is 6.12. The van der Waals surface area contributed by atoms with Gasteiger partial charge in [-0.2, -0.15) is 0 Å². The Hall–Kier alpha value is -1.79. The smallest absolute Gasteiger partial charge is 0.410 e. The summed E-state index contributed by atoms with van der Waals surface area (Å²) in [6, 6.07) is 8.31. The molecule has 10 nitrogen and oxygen atoms in total. The van der Waals surface area contributed by atoms with Crippen molar-refractivity contribution in [3.05, 3.63) is 35.9 Å². The van der Waals surface area contributed by atoms with Crippen LogP contribution in [0.2, 0.25) is 0 Å². The SMILES string of the molecule is CCC1C(O)C2OC3OC(C)CC4(CO4)C3(O)OC2C(N(C)C(=O)OCc2ccccc2)C1O. The van der Waals surface area contributed by atoms with Crippen molar-refractivity contribution < 1.29 is 43.8 Å². The van der Waals surface area contributed by atoms with E-state index in [2.05, 4.69) is 0 Å². The van der Waals surface area contributed by atoms with Crippen molar-refractivity contribution in [1.82, 2.24) is 4.90 Å². The highest BCUT2D eigenvalue weighted by Crippen LogP contribution is 2.54. The number of aliphatic hydroxyl groups excluding tert-OH is 2. The van der Waals surface area contributed by atoms with E-state index in [4.69, 9.17) is 23.7 Å². The lowest BCUT2D eigenvalue weighted by molar-refractivity contribution is -0.462. The quantitative estimate of drug-likeness (QED) is 0.536. The molecule has 1 aromatic carbocycles. The second-order valence-corrected chi connectivity index (χ2v) is 9.84. The van der Waals surface area contributed by atoms with Gasteiger partial charge in [-0.15, -0.1) is 0 Å². The van der Waals surface area contributed by atoms with Crippen LogP contribution in [0.15, 0.2) is 30.3 Å². The van der Waals surface area contributed by atoms with E-state index in [1.807, 2.05) is 44.2 Å². The monoisotopic (exact) mass is 479 g/mol. The zero-order valence-electron chi connectivity index (χ0n) is 19.6. The average Bonchev–Trinajstić information content (AvgIpc) is 3.59. The lowest BCUT2D eigenvalue weighted by atomic mass is 9.74. The highest BCUT2D eigenvalue weighted by molar-refractivity contribution is 5.68. The summed E-state index contributed by atoms with van der Waals surface area (Å²) < 4.78 is 29.2. The molecule has 5 rings (SSSR count). The third-order valence-corrected chi connectivity index (χ3v) is 7.67. The maximum absolute atomic E-state index is 13.0. The molecule has 1 amide bonds. The standard InChI is InChI=1S/C24H33NO9/c1-4-15-17(26)16(25(3)22(28)30-11-14-8-6-5-7-9-14)19-20(18(15)27)33-21-24(29,34-19)23(12-31-23)10-13(2)32-21/h5-9,13,15-21,26-27,29H,4,10-12H2,1-3H3. The van der Waals surface area contributed by atoms with Crippen LogP contribution in [0, 0.1) is 5.92 Å². The van der Waals surface area contributed by atoms with Gasteiger partial charge in [0.05, 0.1) is 31.0 Å². The van der Waals surface area contributed by atoms with Crippen molar-refractivity contribution in [2.45, 2.75) is 87.5 Å². The van der Waals surface area contributed by atoms with Crippen LogP contribution in [0.25, 0.3) is 0 Å². The van der Waals surface area contributed by atoms with Crippen LogP contribution in [0.3, 0.4) is 0 Å². The largest absolute Gasteiger partial charge is 0.445 e. The summed E-state index contributed by atoms with van der Waals surface area (Å²) >= 11 is 0. The van der Waals surface area contributed by atoms with Crippen LogP contribution >= 0.6 is 0 Å². The number of epoxide rings is 1. The minimum atomic E-state index is -1.94. The Morgan fingerprint density at radius 3 is 2.53 bits per heavy atom. The lowest BCUT2D eigenvalue weighted by Gasteiger charge is -2.58. The molecule has 1 aromatic rings. The van der Waals surface area contributed by atoms with Gasteiger partial charge in [0.1, 0.15) is 18.8 Å². The first kappa shape index (κ1) is 23.9. The molecule has 1 aliphatic carbocycles. The van der Waals surface area contributed by atoms with E-state index in [-0.39, 0.29) is 19.3 Å². The number of likely N-dealkylation sites (N-methyl/N-ethyl adjacent to an activating group) is 1. The van der Waals surface area contributed by atoms with E-state index in [0.29, 0.717) is 12.8 Å². The van der Waals surface area contributed by atoms with Gasteiger partial charge in [0.2, 0.25) is 6.29 Å². The Morgan fingerprint density at radius 1 is 1.18 bits per heavy atom. The number of hydrogen-bond donors (Lipinski definition) is 3. The number of hydrogen-bond acceptors (Lipinski definition) is 9. The molecule has 3 saturated heterocycles. The minimum absolute atomic E-state index is 0.0623. The van der Waals surface area contributed by atoms with Gasteiger partial charge in [-0.25, -0.2) is 4.79 Å². The zero-order chi connectivity index (χ0) is 24.3. The van der Waals surface area contributed by atoms with Gasteiger partial charge in [0.15, 0.2) is 5.60 Å². The summed E-state index contributed by atoms with van der Waals surface area (Å²) in [7, 11) is 1.50. The first-order chi connectivity index (χ1) is 16.2. The Labute approximate surface area is 198 Å². The molecule has 10 unspecified atom stereocenters. The van der Waals surface area contributed by atoms with Gasteiger partial charge in [0, 0.05) is 19.4 Å². The molecule has 3 N–H and O–H groups in total. The number of amides is 1. The van der Waals surface area contributed by atoms with Gasteiger partial charge >= 0.3 is 6.09 Å². The molecule has 10 atom stereocenters. The molecule has 188 valence electrons. The van der Waals surface area contributed by atoms with Gasteiger partial charge < -0.3 is 43.9 Å². The maximum atomic E-state index is 13.0. The van der Waals surface area contributed by atoms with Crippen LogP contribution in [-0.2, 0) is 30.3 Å². The van der Waals surface area contributed by atoms with Crippen LogP contribution < -0.4 is 0 Å². The zero-order valence-corrected chi connectivity index (χ0v) is 19.6. The Bertz CT molecular complexity index is 896. The second kappa shape index (κ2) is 8.70. The number of carbonyl (C=O) groups is 1. The van der Waals surface area contributed by atoms with E-state index >= 15 is 0 Å². The first-order valence-electron chi connectivity index (χ1n) is 11.9. The van der Waals surface area contributed by atoms with E-state index in [1.54, 1.807) is 0 Å². The average molecular weight is 480 g/mol. The second-order valence-electron chi connectivity index (χ2n) is 9.84. The van der Waals surface area contributed by atoms with Crippen molar-refractivity contribution in [2.75, 3.05) is 13.7 Å².